The second kappa shape index (κ2) is 4.25. The summed E-state index contributed by atoms with van der Waals surface area (Å²) in [5.41, 5.74) is 0.740. The maximum atomic E-state index is 10.7. The van der Waals surface area contributed by atoms with E-state index in [0.29, 0.717) is 17.3 Å². The lowest BCUT2D eigenvalue weighted by molar-refractivity contribution is 0.0697. The molecule has 5 nitrogen and oxygen atoms in total. The van der Waals surface area contributed by atoms with Gasteiger partial charge in [-0.1, -0.05) is 20.8 Å². The van der Waals surface area contributed by atoms with Crippen LogP contribution in [-0.4, -0.2) is 21.3 Å². The van der Waals surface area contributed by atoms with Crippen LogP contribution < -0.4 is 0 Å². The van der Waals surface area contributed by atoms with Gasteiger partial charge in [0.1, 0.15) is 0 Å². The molecule has 0 amide bonds. The summed E-state index contributed by atoms with van der Waals surface area (Å²) >= 11 is 0. The molecule has 0 fully saturated rings. The number of carboxylic acids is 1. The van der Waals surface area contributed by atoms with Crippen molar-refractivity contribution in [2.24, 2.45) is 0 Å². The molecule has 1 aromatic carbocycles. The summed E-state index contributed by atoms with van der Waals surface area (Å²) in [6, 6.07) is 6.34. The Balaban J connectivity index is 2.32. The van der Waals surface area contributed by atoms with Crippen molar-refractivity contribution in [1.29, 1.82) is 0 Å². The molecule has 0 bridgehead atoms. The molecule has 0 unspecified atom stereocenters. The average Bonchev–Trinajstić information content (AvgIpc) is 2.78. The van der Waals surface area contributed by atoms with E-state index in [1.807, 2.05) is 20.8 Å². The lowest BCUT2D eigenvalue weighted by Gasteiger charge is -2.10. The molecule has 0 saturated heterocycles. The van der Waals surface area contributed by atoms with E-state index >= 15 is 0 Å². The lowest BCUT2D eigenvalue weighted by atomic mass is 9.97. The number of hydrogen-bond acceptors (Lipinski definition) is 4. The number of aromatic nitrogens is 2. The first-order chi connectivity index (χ1) is 8.38. The molecule has 0 aliphatic carbocycles. The van der Waals surface area contributed by atoms with Crippen LogP contribution >= 0.6 is 0 Å². The van der Waals surface area contributed by atoms with Crippen molar-refractivity contribution in [3.8, 4) is 11.5 Å². The number of carboxylic acid groups (broad SMARTS) is 1. The van der Waals surface area contributed by atoms with E-state index in [-0.39, 0.29) is 11.0 Å². The largest absolute Gasteiger partial charge is 0.478 e. The maximum absolute atomic E-state index is 10.7. The van der Waals surface area contributed by atoms with Crippen LogP contribution in [0.25, 0.3) is 11.5 Å². The van der Waals surface area contributed by atoms with Crippen LogP contribution in [0.5, 0.6) is 0 Å². The molecule has 2 rings (SSSR count). The molecular weight excluding hydrogens is 232 g/mol. The number of benzene rings is 1. The van der Waals surface area contributed by atoms with Gasteiger partial charge < -0.3 is 9.52 Å². The van der Waals surface area contributed by atoms with Gasteiger partial charge in [0, 0.05) is 11.0 Å². The first-order valence-electron chi connectivity index (χ1n) is 5.55. The minimum Gasteiger partial charge on any atom is -0.478 e. The van der Waals surface area contributed by atoms with Crippen LogP contribution in [0.15, 0.2) is 28.7 Å². The summed E-state index contributed by atoms with van der Waals surface area (Å²) in [7, 11) is 0. The van der Waals surface area contributed by atoms with Gasteiger partial charge in [0.25, 0.3) is 0 Å². The Hall–Kier alpha value is -2.17. The SMILES string of the molecule is CC(C)(C)c1nnc(-c2ccc(C(=O)O)cc2)o1. The molecular formula is C13H14N2O3. The third kappa shape index (κ3) is 2.40. The molecule has 0 spiro atoms. The molecule has 0 radical (unpaired) electrons. The number of nitrogens with zero attached hydrogens (tertiary/aromatic N) is 2. The van der Waals surface area contributed by atoms with Gasteiger partial charge in [-0.15, -0.1) is 10.2 Å². The van der Waals surface area contributed by atoms with Crippen molar-refractivity contribution >= 4 is 5.97 Å². The maximum Gasteiger partial charge on any atom is 0.335 e. The average molecular weight is 246 g/mol. The fourth-order valence-electron chi connectivity index (χ4n) is 1.40. The highest BCUT2D eigenvalue weighted by molar-refractivity contribution is 5.88. The molecule has 1 aromatic heterocycles. The molecule has 0 atom stereocenters. The Morgan fingerprint density at radius 3 is 2.22 bits per heavy atom. The van der Waals surface area contributed by atoms with Crippen LogP contribution in [-0.2, 0) is 5.41 Å². The van der Waals surface area contributed by atoms with Crippen LogP contribution in [0.2, 0.25) is 0 Å². The second-order valence-electron chi connectivity index (χ2n) is 5.04. The molecule has 1 N–H and O–H groups in total. The van der Waals surface area contributed by atoms with Gasteiger partial charge in [-0.2, -0.15) is 0 Å². The Morgan fingerprint density at radius 2 is 1.78 bits per heavy atom. The predicted octanol–water partition coefficient (Wildman–Crippen LogP) is 2.73. The van der Waals surface area contributed by atoms with Crippen LogP contribution in [0.3, 0.4) is 0 Å². The van der Waals surface area contributed by atoms with Gasteiger partial charge in [0.2, 0.25) is 11.8 Å². The van der Waals surface area contributed by atoms with E-state index in [0.717, 1.165) is 0 Å². The summed E-state index contributed by atoms with van der Waals surface area (Å²) in [6.07, 6.45) is 0. The van der Waals surface area contributed by atoms with Crippen molar-refractivity contribution in [3.05, 3.63) is 35.7 Å². The standard InChI is InChI=1S/C13H14N2O3/c1-13(2,3)12-15-14-10(18-12)8-4-6-9(7-5-8)11(16)17/h4-7H,1-3H3,(H,16,17). The highest BCUT2D eigenvalue weighted by atomic mass is 16.4. The zero-order valence-electron chi connectivity index (χ0n) is 10.5. The molecule has 18 heavy (non-hydrogen) atoms. The Labute approximate surface area is 104 Å². The van der Waals surface area contributed by atoms with Crippen molar-refractivity contribution in [1.82, 2.24) is 10.2 Å². The fraction of sp³-hybridized carbons (Fsp3) is 0.308. The minimum atomic E-state index is -0.956. The number of hydrogen-bond donors (Lipinski definition) is 1. The van der Waals surface area contributed by atoms with Crippen molar-refractivity contribution < 1.29 is 14.3 Å². The monoisotopic (exact) mass is 246 g/mol. The smallest absolute Gasteiger partial charge is 0.335 e. The normalized spacial score (nSPS) is 11.5. The van der Waals surface area contributed by atoms with Gasteiger partial charge in [0.15, 0.2) is 0 Å². The van der Waals surface area contributed by atoms with E-state index < -0.39 is 5.97 Å². The summed E-state index contributed by atoms with van der Waals surface area (Å²) in [5, 5.41) is 16.8. The number of aromatic carboxylic acids is 1. The molecule has 5 heteroatoms. The molecule has 0 aliphatic rings. The van der Waals surface area contributed by atoms with E-state index in [2.05, 4.69) is 10.2 Å². The van der Waals surface area contributed by atoms with E-state index in [4.69, 9.17) is 9.52 Å². The first kappa shape index (κ1) is 12.3. The van der Waals surface area contributed by atoms with Crippen molar-refractivity contribution in [2.75, 3.05) is 0 Å². The quantitative estimate of drug-likeness (QED) is 0.881. The molecule has 0 saturated carbocycles. The molecule has 94 valence electrons. The number of rotatable bonds is 2. The lowest BCUT2D eigenvalue weighted by Crippen LogP contribution is -2.11. The zero-order valence-corrected chi connectivity index (χ0v) is 10.5. The second-order valence-corrected chi connectivity index (χ2v) is 5.04. The van der Waals surface area contributed by atoms with E-state index in [9.17, 15) is 4.79 Å². The van der Waals surface area contributed by atoms with Crippen LogP contribution in [0.1, 0.15) is 37.0 Å². The third-order valence-electron chi connectivity index (χ3n) is 2.45. The van der Waals surface area contributed by atoms with E-state index in [1.165, 1.54) is 12.1 Å². The first-order valence-corrected chi connectivity index (χ1v) is 5.55. The van der Waals surface area contributed by atoms with Gasteiger partial charge >= 0.3 is 5.97 Å². The molecule has 2 aromatic rings. The summed E-state index contributed by atoms with van der Waals surface area (Å²) < 4.78 is 5.56. The zero-order chi connectivity index (χ0) is 13.3. The van der Waals surface area contributed by atoms with E-state index in [1.54, 1.807) is 12.1 Å². The van der Waals surface area contributed by atoms with Crippen molar-refractivity contribution in [2.45, 2.75) is 26.2 Å². The van der Waals surface area contributed by atoms with Gasteiger partial charge in [0.05, 0.1) is 5.56 Å². The minimum absolute atomic E-state index is 0.202. The fourth-order valence-corrected chi connectivity index (χ4v) is 1.40. The predicted molar refractivity (Wildman–Crippen MR) is 65.4 cm³/mol. The topological polar surface area (TPSA) is 76.2 Å². The number of carbonyl (C=O) groups is 1. The Morgan fingerprint density at radius 1 is 1.17 bits per heavy atom. The van der Waals surface area contributed by atoms with Gasteiger partial charge in [-0.05, 0) is 24.3 Å². The summed E-state index contributed by atoms with van der Waals surface area (Å²) in [4.78, 5) is 10.7. The third-order valence-corrected chi connectivity index (χ3v) is 2.45. The molecule has 0 aliphatic heterocycles. The summed E-state index contributed by atoms with van der Waals surface area (Å²) in [6.45, 7) is 5.95. The highest BCUT2D eigenvalue weighted by Crippen LogP contribution is 2.25. The van der Waals surface area contributed by atoms with Gasteiger partial charge in [-0.25, -0.2) is 4.79 Å². The Bertz CT molecular complexity index is 565. The van der Waals surface area contributed by atoms with Crippen molar-refractivity contribution in [3.63, 3.8) is 0 Å². The van der Waals surface area contributed by atoms with Crippen LogP contribution in [0.4, 0.5) is 0 Å². The molecule has 1 heterocycles. The Kier molecular flexibility index (Phi) is 2.90. The van der Waals surface area contributed by atoms with Crippen LogP contribution in [0, 0.1) is 0 Å². The van der Waals surface area contributed by atoms with Gasteiger partial charge in [-0.3, -0.25) is 0 Å². The highest BCUT2D eigenvalue weighted by Gasteiger charge is 2.21. The summed E-state index contributed by atoms with van der Waals surface area (Å²) in [5.74, 6) is -0.000801.